The summed E-state index contributed by atoms with van der Waals surface area (Å²) >= 11 is 5.76. The van der Waals surface area contributed by atoms with E-state index in [1.165, 1.54) is 18.5 Å². The fourth-order valence-corrected chi connectivity index (χ4v) is 2.05. The number of halogens is 1. The molecule has 2 rings (SSSR count). The Morgan fingerprint density at radius 1 is 1.43 bits per heavy atom. The van der Waals surface area contributed by atoms with Crippen LogP contribution in [-0.2, 0) is 10.1 Å². The van der Waals surface area contributed by atoms with Crippen molar-refractivity contribution in [2.24, 2.45) is 0 Å². The minimum Gasteiger partial charge on any atom is -0.343 e. The van der Waals surface area contributed by atoms with Crippen molar-refractivity contribution in [3.8, 4) is 0 Å². The van der Waals surface area contributed by atoms with Gasteiger partial charge in [0.2, 0.25) is 0 Å². The summed E-state index contributed by atoms with van der Waals surface area (Å²) < 4.78 is 30.7. The molecular weight excluding hydrogens is 228 g/mol. The maximum atomic E-state index is 10.9. The third-order valence-corrected chi connectivity index (χ3v) is 2.97. The molecule has 74 valence electrons. The van der Waals surface area contributed by atoms with Gasteiger partial charge >= 0.3 is 0 Å². The van der Waals surface area contributed by atoms with Gasteiger partial charge in [0.15, 0.2) is 0 Å². The molecule has 5 nitrogen and oxygen atoms in total. The van der Waals surface area contributed by atoms with E-state index in [0.717, 1.165) is 0 Å². The Hall–Kier alpha value is -1.11. The molecule has 0 aliphatic heterocycles. The SMILES string of the molecule is O=S(=O)(O)c1ccc(Cl)c2nc[nH]c12. The molecule has 0 radical (unpaired) electrons. The highest BCUT2D eigenvalue weighted by Crippen LogP contribution is 2.25. The van der Waals surface area contributed by atoms with E-state index in [1.54, 1.807) is 0 Å². The summed E-state index contributed by atoms with van der Waals surface area (Å²) in [6.45, 7) is 0. The van der Waals surface area contributed by atoms with Gasteiger partial charge < -0.3 is 4.98 Å². The Morgan fingerprint density at radius 3 is 2.79 bits per heavy atom. The standard InChI is InChI=1S/C7H5ClN2O3S/c8-4-1-2-5(14(11,12)13)7-6(4)9-3-10-7/h1-3H,(H,9,10)(H,11,12,13). The fraction of sp³-hybridized carbons (Fsp3) is 0. The number of H-pyrrole nitrogens is 1. The van der Waals surface area contributed by atoms with Crippen molar-refractivity contribution >= 4 is 32.8 Å². The Balaban J connectivity index is 2.93. The number of nitrogens with zero attached hydrogens (tertiary/aromatic N) is 1. The summed E-state index contributed by atoms with van der Waals surface area (Å²) in [5.74, 6) is 0. The molecular formula is C7H5ClN2O3S. The van der Waals surface area contributed by atoms with Gasteiger partial charge in [-0.15, -0.1) is 0 Å². The van der Waals surface area contributed by atoms with Crippen LogP contribution in [-0.4, -0.2) is 22.9 Å². The number of rotatable bonds is 1. The van der Waals surface area contributed by atoms with Crippen LogP contribution in [0.25, 0.3) is 11.0 Å². The van der Waals surface area contributed by atoms with Crippen LogP contribution in [0, 0.1) is 0 Å². The lowest BCUT2D eigenvalue weighted by Crippen LogP contribution is -1.98. The lowest BCUT2D eigenvalue weighted by molar-refractivity contribution is 0.484. The van der Waals surface area contributed by atoms with Crippen molar-refractivity contribution in [2.75, 3.05) is 0 Å². The average Bonchev–Trinajstić information content (AvgIpc) is 2.50. The van der Waals surface area contributed by atoms with Crippen molar-refractivity contribution in [2.45, 2.75) is 4.90 Å². The quantitative estimate of drug-likeness (QED) is 0.730. The average molecular weight is 233 g/mol. The molecule has 0 fully saturated rings. The van der Waals surface area contributed by atoms with Gasteiger partial charge in [-0.3, -0.25) is 4.55 Å². The number of imidazole rings is 1. The van der Waals surface area contributed by atoms with Gasteiger partial charge in [-0.2, -0.15) is 8.42 Å². The molecule has 0 saturated heterocycles. The van der Waals surface area contributed by atoms with E-state index in [1.807, 2.05) is 0 Å². The topological polar surface area (TPSA) is 83.1 Å². The second-order valence-corrected chi connectivity index (χ2v) is 4.44. The summed E-state index contributed by atoms with van der Waals surface area (Å²) in [5, 5.41) is 0.327. The molecule has 14 heavy (non-hydrogen) atoms. The van der Waals surface area contributed by atoms with Gasteiger partial charge in [-0.25, -0.2) is 4.98 Å². The summed E-state index contributed by atoms with van der Waals surface area (Å²) in [4.78, 5) is 6.20. The Labute approximate surface area is 84.5 Å². The molecule has 0 spiro atoms. The minimum atomic E-state index is -4.25. The molecule has 0 atom stereocenters. The highest BCUT2D eigenvalue weighted by Gasteiger charge is 2.16. The number of benzene rings is 1. The summed E-state index contributed by atoms with van der Waals surface area (Å²) in [5.41, 5.74) is 0.529. The predicted molar refractivity (Wildman–Crippen MR) is 50.9 cm³/mol. The summed E-state index contributed by atoms with van der Waals surface area (Å²) in [6.07, 6.45) is 1.31. The fourth-order valence-electron chi connectivity index (χ4n) is 1.19. The lowest BCUT2D eigenvalue weighted by atomic mass is 10.3. The van der Waals surface area contributed by atoms with Gasteiger partial charge in [-0.1, -0.05) is 11.6 Å². The van der Waals surface area contributed by atoms with E-state index in [-0.39, 0.29) is 10.4 Å². The lowest BCUT2D eigenvalue weighted by Gasteiger charge is -1.99. The molecule has 0 bridgehead atoms. The molecule has 2 N–H and O–H groups in total. The predicted octanol–water partition coefficient (Wildman–Crippen LogP) is 1.46. The molecule has 0 amide bonds. The molecule has 0 saturated carbocycles. The molecule has 0 aliphatic rings. The van der Waals surface area contributed by atoms with Crippen molar-refractivity contribution in [3.05, 3.63) is 23.5 Å². The van der Waals surface area contributed by atoms with Crippen LogP contribution in [0.3, 0.4) is 0 Å². The van der Waals surface area contributed by atoms with Gasteiger partial charge in [-0.05, 0) is 12.1 Å². The number of hydrogen-bond donors (Lipinski definition) is 2. The van der Waals surface area contributed by atoms with Gasteiger partial charge in [0.1, 0.15) is 10.4 Å². The van der Waals surface area contributed by atoms with E-state index in [0.29, 0.717) is 10.5 Å². The van der Waals surface area contributed by atoms with Crippen LogP contribution in [0.15, 0.2) is 23.4 Å². The maximum absolute atomic E-state index is 10.9. The van der Waals surface area contributed by atoms with Gasteiger partial charge in [0.05, 0.1) is 16.9 Å². The molecule has 2 aromatic rings. The zero-order valence-corrected chi connectivity index (χ0v) is 8.30. The second kappa shape index (κ2) is 2.94. The van der Waals surface area contributed by atoms with Crippen LogP contribution in [0.4, 0.5) is 0 Å². The number of aromatic nitrogens is 2. The monoisotopic (exact) mass is 232 g/mol. The first-order valence-corrected chi connectivity index (χ1v) is 5.41. The largest absolute Gasteiger partial charge is 0.343 e. The third kappa shape index (κ3) is 1.37. The molecule has 1 aromatic heterocycles. The van der Waals surface area contributed by atoms with Crippen molar-refractivity contribution < 1.29 is 13.0 Å². The Kier molecular flexibility index (Phi) is 1.99. The summed E-state index contributed by atoms with van der Waals surface area (Å²) in [7, 11) is -4.25. The van der Waals surface area contributed by atoms with E-state index in [4.69, 9.17) is 16.2 Å². The van der Waals surface area contributed by atoms with Crippen molar-refractivity contribution in [3.63, 3.8) is 0 Å². The highest BCUT2D eigenvalue weighted by molar-refractivity contribution is 7.86. The number of nitrogens with one attached hydrogen (secondary N) is 1. The molecule has 0 unspecified atom stereocenters. The molecule has 7 heteroatoms. The van der Waals surface area contributed by atoms with Gasteiger partial charge in [0, 0.05) is 0 Å². The third-order valence-electron chi connectivity index (χ3n) is 1.77. The molecule has 1 aromatic carbocycles. The zero-order chi connectivity index (χ0) is 10.3. The first-order chi connectivity index (χ1) is 6.50. The van der Waals surface area contributed by atoms with Crippen LogP contribution >= 0.6 is 11.6 Å². The van der Waals surface area contributed by atoms with Crippen LogP contribution in [0.5, 0.6) is 0 Å². The molecule has 1 heterocycles. The van der Waals surface area contributed by atoms with E-state index in [2.05, 4.69) is 9.97 Å². The Bertz CT molecular complexity index is 590. The smallest absolute Gasteiger partial charge is 0.296 e. The van der Waals surface area contributed by atoms with Crippen LogP contribution in [0.1, 0.15) is 0 Å². The first-order valence-electron chi connectivity index (χ1n) is 3.59. The normalized spacial score (nSPS) is 12.1. The second-order valence-electron chi connectivity index (χ2n) is 2.65. The van der Waals surface area contributed by atoms with E-state index in [9.17, 15) is 8.42 Å². The number of fused-ring (bicyclic) bond motifs is 1. The summed E-state index contributed by atoms with van der Waals surface area (Å²) in [6, 6.07) is 2.59. The van der Waals surface area contributed by atoms with Crippen LogP contribution in [0.2, 0.25) is 5.02 Å². The first kappa shape index (κ1) is 9.45. The van der Waals surface area contributed by atoms with Crippen molar-refractivity contribution in [1.29, 1.82) is 0 Å². The van der Waals surface area contributed by atoms with Crippen molar-refractivity contribution in [1.82, 2.24) is 9.97 Å². The van der Waals surface area contributed by atoms with Crippen LogP contribution < -0.4 is 0 Å². The minimum absolute atomic E-state index is 0.208. The Morgan fingerprint density at radius 2 is 2.14 bits per heavy atom. The maximum Gasteiger partial charge on any atom is 0.296 e. The van der Waals surface area contributed by atoms with E-state index < -0.39 is 10.1 Å². The molecule has 0 aliphatic carbocycles. The number of hydrogen-bond acceptors (Lipinski definition) is 3. The zero-order valence-electron chi connectivity index (χ0n) is 6.73. The van der Waals surface area contributed by atoms with Gasteiger partial charge in [0.25, 0.3) is 10.1 Å². The number of aromatic amines is 1. The van der Waals surface area contributed by atoms with E-state index >= 15 is 0 Å². The highest BCUT2D eigenvalue weighted by atomic mass is 35.5.